The first-order valence-corrected chi connectivity index (χ1v) is 5.73. The summed E-state index contributed by atoms with van der Waals surface area (Å²) in [5, 5.41) is 0. The Kier molecular flexibility index (Phi) is 7.35. The zero-order valence-electron chi connectivity index (χ0n) is 9.15. The zero-order valence-corrected chi connectivity index (χ0v) is 9.90. The molecule has 0 N–H and O–H groups in total. The molecule has 78 valence electrons. The Morgan fingerprint density at radius 2 is 1.92 bits per heavy atom. The number of aliphatic imine (C=N–C) groups is 1. The molecule has 0 radical (unpaired) electrons. The molecule has 0 atom stereocenters. The lowest BCUT2D eigenvalue weighted by molar-refractivity contribution is 0.608. The van der Waals surface area contributed by atoms with E-state index in [4.69, 9.17) is 11.6 Å². The molecule has 0 amide bonds. The topological polar surface area (TPSA) is 12.4 Å². The minimum atomic E-state index is 0.0618. The van der Waals surface area contributed by atoms with Gasteiger partial charge in [0, 0.05) is 24.1 Å². The van der Waals surface area contributed by atoms with E-state index in [0.717, 1.165) is 6.54 Å². The molecular weight excluding hydrogens is 182 g/mol. The molecular formula is C11H22ClN. The lowest BCUT2D eigenvalue weighted by Gasteiger charge is -2.13. The number of alkyl halides is 1. The third kappa shape index (κ3) is 8.29. The molecule has 0 saturated heterocycles. The van der Waals surface area contributed by atoms with E-state index in [2.05, 4.69) is 25.8 Å². The van der Waals surface area contributed by atoms with Gasteiger partial charge in [-0.1, -0.05) is 40.0 Å². The van der Waals surface area contributed by atoms with E-state index < -0.39 is 0 Å². The lowest BCUT2D eigenvalue weighted by Crippen LogP contribution is -2.14. The number of nitrogens with zero attached hydrogens (tertiary/aromatic N) is 1. The summed E-state index contributed by atoms with van der Waals surface area (Å²) in [6, 6.07) is 0. The Hall–Kier alpha value is -0.0400. The Morgan fingerprint density at radius 1 is 1.23 bits per heavy atom. The van der Waals surface area contributed by atoms with Crippen molar-refractivity contribution in [2.24, 2.45) is 10.4 Å². The molecule has 0 bridgehead atoms. The largest absolute Gasteiger partial charge is 0.297 e. The minimum absolute atomic E-state index is 0.0618. The van der Waals surface area contributed by atoms with Gasteiger partial charge in [0.25, 0.3) is 0 Å². The predicted octanol–water partition coefficient (Wildman–Crippen LogP) is 3.90. The zero-order chi connectivity index (χ0) is 10.2. The van der Waals surface area contributed by atoms with E-state index in [1.165, 1.54) is 25.7 Å². The molecule has 0 unspecified atom stereocenters. The van der Waals surface area contributed by atoms with Crippen molar-refractivity contribution in [3.63, 3.8) is 0 Å². The number of unbranched alkanes of at least 4 members (excludes halogenated alkanes) is 3. The SMILES string of the molecule is CCCCCCN=CC(C)(C)CCl. The van der Waals surface area contributed by atoms with Crippen molar-refractivity contribution in [3.8, 4) is 0 Å². The number of hydrogen-bond acceptors (Lipinski definition) is 1. The molecule has 13 heavy (non-hydrogen) atoms. The molecule has 2 heteroatoms. The molecule has 0 aliphatic rings. The van der Waals surface area contributed by atoms with Crippen LogP contribution in [0.4, 0.5) is 0 Å². The highest BCUT2D eigenvalue weighted by Crippen LogP contribution is 2.13. The second kappa shape index (κ2) is 7.37. The third-order valence-electron chi connectivity index (χ3n) is 1.93. The average Bonchev–Trinajstić information content (AvgIpc) is 2.11. The summed E-state index contributed by atoms with van der Waals surface area (Å²) in [7, 11) is 0. The van der Waals surface area contributed by atoms with Crippen LogP contribution in [0.5, 0.6) is 0 Å². The first kappa shape index (κ1) is 13.0. The summed E-state index contributed by atoms with van der Waals surface area (Å²) in [6.45, 7) is 7.39. The monoisotopic (exact) mass is 203 g/mol. The average molecular weight is 204 g/mol. The van der Waals surface area contributed by atoms with Gasteiger partial charge in [0.15, 0.2) is 0 Å². The highest BCUT2D eigenvalue weighted by atomic mass is 35.5. The molecule has 0 spiro atoms. The second-order valence-electron chi connectivity index (χ2n) is 4.22. The number of hydrogen-bond donors (Lipinski definition) is 0. The highest BCUT2D eigenvalue weighted by molar-refractivity contribution is 6.19. The van der Waals surface area contributed by atoms with Crippen molar-refractivity contribution < 1.29 is 0 Å². The minimum Gasteiger partial charge on any atom is -0.297 e. The summed E-state index contributed by atoms with van der Waals surface area (Å²) in [6.07, 6.45) is 7.12. The van der Waals surface area contributed by atoms with Crippen LogP contribution < -0.4 is 0 Å². The molecule has 0 aliphatic heterocycles. The van der Waals surface area contributed by atoms with Crippen LogP contribution in [0.3, 0.4) is 0 Å². The van der Waals surface area contributed by atoms with E-state index >= 15 is 0 Å². The smallest absolute Gasteiger partial charge is 0.0385 e. The molecule has 0 heterocycles. The predicted molar refractivity (Wildman–Crippen MR) is 62.0 cm³/mol. The molecule has 0 aromatic carbocycles. The Bertz CT molecular complexity index is 141. The van der Waals surface area contributed by atoms with Gasteiger partial charge in [-0.2, -0.15) is 0 Å². The lowest BCUT2D eigenvalue weighted by atomic mass is 9.99. The fourth-order valence-electron chi connectivity index (χ4n) is 0.976. The van der Waals surface area contributed by atoms with E-state index in [1.807, 2.05) is 6.21 Å². The molecule has 1 nitrogen and oxygen atoms in total. The molecule has 0 aliphatic carbocycles. The normalized spacial score (nSPS) is 12.6. The quantitative estimate of drug-likeness (QED) is 0.338. The van der Waals surface area contributed by atoms with Crippen molar-refractivity contribution in [3.05, 3.63) is 0 Å². The maximum atomic E-state index is 5.76. The van der Waals surface area contributed by atoms with E-state index in [-0.39, 0.29) is 5.41 Å². The second-order valence-corrected chi connectivity index (χ2v) is 4.49. The first-order valence-electron chi connectivity index (χ1n) is 5.19. The summed E-state index contributed by atoms with van der Waals surface area (Å²) >= 11 is 5.76. The summed E-state index contributed by atoms with van der Waals surface area (Å²) < 4.78 is 0. The van der Waals surface area contributed by atoms with Gasteiger partial charge in [0.1, 0.15) is 0 Å². The third-order valence-corrected chi connectivity index (χ3v) is 2.61. The van der Waals surface area contributed by atoms with Crippen LogP contribution in [-0.2, 0) is 0 Å². The molecule has 0 fully saturated rings. The van der Waals surface area contributed by atoms with E-state index in [9.17, 15) is 0 Å². The van der Waals surface area contributed by atoms with Crippen LogP contribution in [0.15, 0.2) is 4.99 Å². The maximum absolute atomic E-state index is 5.76. The van der Waals surface area contributed by atoms with Gasteiger partial charge in [-0.3, -0.25) is 4.99 Å². The van der Waals surface area contributed by atoms with Crippen molar-refractivity contribution in [2.45, 2.75) is 46.5 Å². The van der Waals surface area contributed by atoms with Gasteiger partial charge >= 0.3 is 0 Å². The van der Waals surface area contributed by atoms with Crippen LogP contribution in [-0.4, -0.2) is 18.6 Å². The highest BCUT2D eigenvalue weighted by Gasteiger charge is 2.11. The summed E-state index contributed by atoms with van der Waals surface area (Å²) in [5.41, 5.74) is 0.0618. The summed E-state index contributed by atoms with van der Waals surface area (Å²) in [5.74, 6) is 0.644. The number of rotatable bonds is 7. The van der Waals surface area contributed by atoms with Gasteiger partial charge < -0.3 is 0 Å². The van der Waals surface area contributed by atoms with Gasteiger partial charge in [-0.05, 0) is 6.42 Å². The van der Waals surface area contributed by atoms with E-state index in [0.29, 0.717) is 5.88 Å². The van der Waals surface area contributed by atoms with Gasteiger partial charge in [-0.25, -0.2) is 0 Å². The van der Waals surface area contributed by atoms with Crippen LogP contribution in [0, 0.1) is 5.41 Å². The standard InChI is InChI=1S/C11H22ClN/c1-4-5-6-7-8-13-10-11(2,3)9-12/h10H,4-9H2,1-3H3. The Morgan fingerprint density at radius 3 is 2.46 bits per heavy atom. The number of halogens is 1. The van der Waals surface area contributed by atoms with Gasteiger partial charge in [-0.15, -0.1) is 11.6 Å². The fraction of sp³-hybridized carbons (Fsp3) is 0.909. The molecule has 0 aromatic rings. The first-order chi connectivity index (χ1) is 6.12. The van der Waals surface area contributed by atoms with Crippen LogP contribution in [0.1, 0.15) is 46.5 Å². The fourth-order valence-corrected chi connectivity index (χ4v) is 1.05. The Balaban J connectivity index is 3.41. The van der Waals surface area contributed by atoms with Gasteiger partial charge in [0.05, 0.1) is 0 Å². The van der Waals surface area contributed by atoms with Crippen LogP contribution in [0.25, 0.3) is 0 Å². The Labute approximate surface area is 87.6 Å². The van der Waals surface area contributed by atoms with Crippen LogP contribution in [0.2, 0.25) is 0 Å². The molecule has 0 rings (SSSR count). The summed E-state index contributed by atoms with van der Waals surface area (Å²) in [4.78, 5) is 4.38. The van der Waals surface area contributed by atoms with Crippen molar-refractivity contribution in [1.29, 1.82) is 0 Å². The van der Waals surface area contributed by atoms with Gasteiger partial charge in [0.2, 0.25) is 0 Å². The maximum Gasteiger partial charge on any atom is 0.0385 e. The van der Waals surface area contributed by atoms with E-state index in [1.54, 1.807) is 0 Å². The van der Waals surface area contributed by atoms with Crippen molar-refractivity contribution >= 4 is 17.8 Å². The van der Waals surface area contributed by atoms with Crippen molar-refractivity contribution in [2.75, 3.05) is 12.4 Å². The van der Waals surface area contributed by atoms with Crippen molar-refractivity contribution in [1.82, 2.24) is 0 Å². The molecule has 0 aromatic heterocycles. The molecule has 0 saturated carbocycles. The van der Waals surface area contributed by atoms with Crippen LogP contribution >= 0.6 is 11.6 Å².